The first kappa shape index (κ1) is 31.3. The molecule has 0 saturated heterocycles. The van der Waals surface area contributed by atoms with E-state index in [1.165, 1.54) is 23.1 Å². The number of carbonyl (C=O) groups is 4. The van der Waals surface area contributed by atoms with Crippen molar-refractivity contribution in [2.24, 2.45) is 0 Å². The third kappa shape index (κ3) is 7.70. The van der Waals surface area contributed by atoms with Crippen LogP contribution in [-0.2, 0) is 27.4 Å². The fourth-order valence-corrected chi connectivity index (χ4v) is 6.22. The van der Waals surface area contributed by atoms with E-state index in [1.807, 2.05) is 16.0 Å². The summed E-state index contributed by atoms with van der Waals surface area (Å²) in [5, 5.41) is 16.2. The Labute approximate surface area is 245 Å². The second kappa shape index (κ2) is 15.0. The molecule has 0 spiro atoms. The first-order valence-corrected chi connectivity index (χ1v) is 15.5. The van der Waals surface area contributed by atoms with Crippen molar-refractivity contribution in [3.8, 4) is 0 Å². The van der Waals surface area contributed by atoms with E-state index in [4.69, 9.17) is 9.47 Å². The fraction of sp³-hybridized carbons (Fsp3) is 0.462. The van der Waals surface area contributed by atoms with Gasteiger partial charge in [0.15, 0.2) is 11.0 Å². The Morgan fingerprint density at radius 3 is 2.48 bits per heavy atom. The van der Waals surface area contributed by atoms with E-state index in [9.17, 15) is 19.2 Å². The molecular formula is C26H33N5O6S3. The van der Waals surface area contributed by atoms with Crippen LogP contribution in [-0.4, -0.2) is 57.0 Å². The highest BCUT2D eigenvalue weighted by Gasteiger charge is 2.29. The monoisotopic (exact) mass is 607 g/mol. The molecule has 0 aliphatic carbocycles. The Morgan fingerprint density at radius 2 is 1.82 bits per heavy atom. The van der Waals surface area contributed by atoms with Gasteiger partial charge in [-0.15, -0.1) is 32.9 Å². The van der Waals surface area contributed by atoms with Crippen molar-refractivity contribution in [3.63, 3.8) is 0 Å². The van der Waals surface area contributed by atoms with Crippen molar-refractivity contribution in [1.82, 2.24) is 20.1 Å². The third-order valence-corrected chi connectivity index (χ3v) is 8.79. The minimum Gasteiger partial charge on any atom is -0.462 e. The normalized spacial score (nSPS) is 11.6. The van der Waals surface area contributed by atoms with Crippen LogP contribution < -0.4 is 10.6 Å². The van der Waals surface area contributed by atoms with Gasteiger partial charge in [0.25, 0.3) is 5.91 Å². The number of thioether (sulfide) groups is 1. The summed E-state index contributed by atoms with van der Waals surface area (Å²) in [6.07, 6.45) is 1.81. The van der Waals surface area contributed by atoms with Crippen LogP contribution in [0.15, 0.2) is 22.7 Å². The highest BCUT2D eigenvalue weighted by Crippen LogP contribution is 2.35. The fourth-order valence-electron chi connectivity index (χ4n) is 3.60. The molecule has 3 rings (SSSR count). The summed E-state index contributed by atoms with van der Waals surface area (Å²) >= 11 is 3.55. The molecule has 1 atom stereocenters. The SMILES string of the molecule is CCCCn1c(CNC(=O)c2cccs2)nnc1S[C@H](C)C(=O)Nc1sc(C(=O)OCC)c(C)c1C(=O)OCC. The van der Waals surface area contributed by atoms with Crippen molar-refractivity contribution in [3.05, 3.63) is 44.2 Å². The van der Waals surface area contributed by atoms with Crippen LogP contribution in [0.2, 0.25) is 0 Å². The molecular weight excluding hydrogens is 575 g/mol. The van der Waals surface area contributed by atoms with Crippen molar-refractivity contribution in [2.45, 2.75) is 71.0 Å². The van der Waals surface area contributed by atoms with Crippen LogP contribution in [0.4, 0.5) is 5.00 Å². The van der Waals surface area contributed by atoms with Crippen LogP contribution in [0.25, 0.3) is 0 Å². The Morgan fingerprint density at radius 1 is 1.10 bits per heavy atom. The molecule has 14 heteroatoms. The van der Waals surface area contributed by atoms with Gasteiger partial charge in [-0.1, -0.05) is 31.2 Å². The summed E-state index contributed by atoms with van der Waals surface area (Å²) in [7, 11) is 0. The number of aromatic nitrogens is 3. The van der Waals surface area contributed by atoms with E-state index in [1.54, 1.807) is 33.8 Å². The number of thiophene rings is 2. The van der Waals surface area contributed by atoms with Gasteiger partial charge < -0.3 is 24.7 Å². The van der Waals surface area contributed by atoms with E-state index < -0.39 is 17.2 Å². The predicted molar refractivity (Wildman–Crippen MR) is 155 cm³/mol. The Hall–Kier alpha value is -3.23. The molecule has 40 heavy (non-hydrogen) atoms. The highest BCUT2D eigenvalue weighted by molar-refractivity contribution is 8.00. The lowest BCUT2D eigenvalue weighted by atomic mass is 10.1. The van der Waals surface area contributed by atoms with Crippen molar-refractivity contribution < 1.29 is 28.7 Å². The molecule has 0 saturated carbocycles. The molecule has 0 aliphatic rings. The van der Waals surface area contributed by atoms with Crippen molar-refractivity contribution in [2.75, 3.05) is 18.5 Å². The number of carbonyl (C=O) groups excluding carboxylic acids is 4. The van der Waals surface area contributed by atoms with E-state index >= 15 is 0 Å². The lowest BCUT2D eigenvalue weighted by Gasteiger charge is -2.14. The maximum atomic E-state index is 13.2. The quantitative estimate of drug-likeness (QED) is 0.193. The minimum atomic E-state index is -0.629. The number of nitrogens with one attached hydrogen (secondary N) is 2. The van der Waals surface area contributed by atoms with Gasteiger partial charge in [0, 0.05) is 6.54 Å². The number of nitrogens with zero attached hydrogens (tertiary/aromatic N) is 3. The number of anilines is 1. The number of amides is 2. The number of hydrogen-bond donors (Lipinski definition) is 2. The molecule has 0 unspecified atom stereocenters. The maximum Gasteiger partial charge on any atom is 0.348 e. The van der Waals surface area contributed by atoms with Crippen molar-refractivity contribution in [1.29, 1.82) is 0 Å². The Balaban J connectivity index is 1.77. The molecule has 3 aromatic heterocycles. The second-order valence-electron chi connectivity index (χ2n) is 8.51. The number of hydrogen-bond acceptors (Lipinski definition) is 11. The van der Waals surface area contributed by atoms with Gasteiger partial charge in [0.2, 0.25) is 5.91 Å². The summed E-state index contributed by atoms with van der Waals surface area (Å²) in [4.78, 5) is 51.6. The average Bonchev–Trinajstić information content (AvgIpc) is 3.66. The van der Waals surface area contributed by atoms with Crippen LogP contribution in [0.5, 0.6) is 0 Å². The number of unbranched alkanes of at least 4 members (excludes halogenated alkanes) is 1. The van der Waals surface area contributed by atoms with Gasteiger partial charge in [-0.25, -0.2) is 9.59 Å². The summed E-state index contributed by atoms with van der Waals surface area (Å²) in [6.45, 7) is 9.93. The molecule has 0 aromatic carbocycles. The molecule has 3 aromatic rings. The lowest BCUT2D eigenvalue weighted by molar-refractivity contribution is -0.115. The third-order valence-electron chi connectivity index (χ3n) is 5.66. The van der Waals surface area contributed by atoms with E-state index in [2.05, 4.69) is 27.8 Å². The zero-order valence-electron chi connectivity index (χ0n) is 23.1. The Kier molecular flexibility index (Phi) is 11.7. The summed E-state index contributed by atoms with van der Waals surface area (Å²) in [5.41, 5.74) is 0.529. The summed E-state index contributed by atoms with van der Waals surface area (Å²) in [6, 6.07) is 3.57. The lowest BCUT2D eigenvalue weighted by Crippen LogP contribution is -2.25. The molecule has 216 valence electrons. The van der Waals surface area contributed by atoms with E-state index in [0.717, 1.165) is 24.2 Å². The predicted octanol–water partition coefficient (Wildman–Crippen LogP) is 4.91. The minimum absolute atomic E-state index is 0.135. The van der Waals surface area contributed by atoms with Crippen LogP contribution >= 0.6 is 34.4 Å². The Bertz CT molecular complexity index is 1330. The standard InChI is InChI=1S/C26H33N5O6S3/c1-6-9-12-31-18(14-27-22(33)17-11-10-13-38-17)29-30-26(31)39-16(5)21(32)28-23-19(24(34)36-7-2)15(4)20(40-23)25(35)37-8-3/h10-11,13,16H,6-9,12,14H2,1-5H3,(H,27,33)(H,28,32)/t16-/m1/s1. The first-order valence-electron chi connectivity index (χ1n) is 12.9. The van der Waals surface area contributed by atoms with Gasteiger partial charge in [0.05, 0.1) is 35.4 Å². The zero-order valence-corrected chi connectivity index (χ0v) is 25.5. The molecule has 0 fully saturated rings. The van der Waals surface area contributed by atoms with E-state index in [-0.39, 0.29) is 47.0 Å². The van der Waals surface area contributed by atoms with Gasteiger partial charge in [0.1, 0.15) is 9.88 Å². The molecule has 0 bridgehead atoms. The smallest absolute Gasteiger partial charge is 0.348 e. The van der Waals surface area contributed by atoms with Crippen LogP contribution in [0.1, 0.15) is 81.6 Å². The van der Waals surface area contributed by atoms with Crippen LogP contribution in [0, 0.1) is 6.92 Å². The molecule has 3 heterocycles. The average molecular weight is 608 g/mol. The maximum absolute atomic E-state index is 13.2. The molecule has 0 aliphatic heterocycles. The summed E-state index contributed by atoms with van der Waals surface area (Å²) in [5.74, 6) is -1.18. The van der Waals surface area contributed by atoms with Gasteiger partial charge in [-0.3, -0.25) is 9.59 Å². The number of ether oxygens (including phenoxy) is 2. The van der Waals surface area contributed by atoms with E-state index in [0.29, 0.717) is 28.0 Å². The second-order valence-corrected chi connectivity index (χ2v) is 11.8. The highest BCUT2D eigenvalue weighted by atomic mass is 32.2. The first-order chi connectivity index (χ1) is 19.2. The topological polar surface area (TPSA) is 142 Å². The zero-order chi connectivity index (χ0) is 29.2. The van der Waals surface area contributed by atoms with Gasteiger partial charge in [-0.2, -0.15) is 0 Å². The number of rotatable bonds is 14. The summed E-state index contributed by atoms with van der Waals surface area (Å²) < 4.78 is 12.2. The molecule has 2 amide bonds. The molecule has 11 nitrogen and oxygen atoms in total. The van der Waals surface area contributed by atoms with Gasteiger partial charge in [-0.05, 0) is 51.1 Å². The largest absolute Gasteiger partial charge is 0.462 e. The van der Waals surface area contributed by atoms with Crippen molar-refractivity contribution >= 4 is 63.2 Å². The molecule has 0 radical (unpaired) electrons. The van der Waals surface area contributed by atoms with Gasteiger partial charge >= 0.3 is 11.9 Å². The van der Waals surface area contributed by atoms with Crippen LogP contribution in [0.3, 0.4) is 0 Å². The molecule has 2 N–H and O–H groups in total. The number of esters is 2.